The van der Waals surface area contributed by atoms with Crippen LogP contribution in [-0.4, -0.2) is 52.5 Å². The molecule has 1 aromatic rings. The Morgan fingerprint density at radius 3 is 2.75 bits per heavy atom. The minimum absolute atomic E-state index is 0.0633. The summed E-state index contributed by atoms with van der Waals surface area (Å²) >= 11 is 0. The van der Waals surface area contributed by atoms with Crippen LogP contribution in [0.3, 0.4) is 0 Å². The molecule has 7 nitrogen and oxygen atoms in total. The Hall–Kier alpha value is -2.18. The van der Waals surface area contributed by atoms with Crippen LogP contribution in [0.15, 0.2) is 12.7 Å². The fraction of sp³-hybridized carbons (Fsp3) is 0.538. The van der Waals surface area contributed by atoms with Gasteiger partial charge in [0.25, 0.3) is 0 Å². The van der Waals surface area contributed by atoms with Gasteiger partial charge in [-0.05, 0) is 13.3 Å². The molecule has 20 heavy (non-hydrogen) atoms. The van der Waals surface area contributed by atoms with Crippen molar-refractivity contribution in [3.8, 4) is 0 Å². The van der Waals surface area contributed by atoms with E-state index in [0.717, 1.165) is 0 Å². The van der Waals surface area contributed by atoms with Gasteiger partial charge in [-0.25, -0.2) is 9.48 Å². The number of nitrogens with zero attached hydrogens (tertiary/aromatic N) is 4. The lowest BCUT2D eigenvalue weighted by atomic mass is 10.2. The molecule has 1 aromatic heterocycles. The van der Waals surface area contributed by atoms with Gasteiger partial charge >= 0.3 is 5.97 Å². The smallest absolute Gasteiger partial charge is 0.361 e. The first-order valence-corrected chi connectivity index (χ1v) is 6.35. The van der Waals surface area contributed by atoms with Crippen molar-refractivity contribution in [1.29, 1.82) is 0 Å². The van der Waals surface area contributed by atoms with Crippen LogP contribution in [0.2, 0.25) is 0 Å². The van der Waals surface area contributed by atoms with Crippen LogP contribution in [0.5, 0.6) is 0 Å². The summed E-state index contributed by atoms with van der Waals surface area (Å²) in [6.45, 7) is 5.90. The van der Waals surface area contributed by atoms with E-state index < -0.39 is 5.97 Å². The minimum Gasteiger partial charge on any atom is -0.457 e. The van der Waals surface area contributed by atoms with Gasteiger partial charge in [-0.3, -0.25) is 4.79 Å². The van der Waals surface area contributed by atoms with Gasteiger partial charge in [0.1, 0.15) is 6.61 Å². The number of carbonyl (C=O) groups is 2. The molecule has 0 fully saturated rings. The maximum absolute atomic E-state index is 11.7. The van der Waals surface area contributed by atoms with Gasteiger partial charge < -0.3 is 9.64 Å². The fourth-order valence-electron chi connectivity index (χ4n) is 1.57. The van der Waals surface area contributed by atoms with Crippen molar-refractivity contribution in [2.24, 2.45) is 0 Å². The number of rotatable bonds is 7. The average molecular weight is 280 g/mol. The third-order valence-corrected chi connectivity index (χ3v) is 2.77. The predicted molar refractivity (Wildman–Crippen MR) is 73.2 cm³/mol. The number of hydrogen-bond donors (Lipinski definition) is 0. The molecule has 0 saturated heterocycles. The van der Waals surface area contributed by atoms with Gasteiger partial charge in [-0.15, -0.1) is 5.10 Å². The lowest BCUT2D eigenvalue weighted by molar-refractivity contribution is -0.128. The molecule has 0 atom stereocenters. The molecule has 1 heterocycles. The first kappa shape index (κ1) is 15.9. The van der Waals surface area contributed by atoms with E-state index in [9.17, 15) is 9.59 Å². The first-order valence-electron chi connectivity index (χ1n) is 6.35. The molecule has 0 aromatic carbocycles. The van der Waals surface area contributed by atoms with E-state index in [-0.39, 0.29) is 18.2 Å². The van der Waals surface area contributed by atoms with E-state index in [1.807, 2.05) is 0 Å². The molecule has 0 saturated carbocycles. The topological polar surface area (TPSA) is 77.3 Å². The van der Waals surface area contributed by atoms with Gasteiger partial charge in [-0.2, -0.15) is 0 Å². The van der Waals surface area contributed by atoms with Crippen LogP contribution in [0.4, 0.5) is 0 Å². The van der Waals surface area contributed by atoms with E-state index in [1.165, 1.54) is 6.08 Å². The highest BCUT2D eigenvalue weighted by molar-refractivity contribution is 5.88. The second kappa shape index (κ2) is 7.42. The standard InChI is InChI=1S/C13H20N4O3/c1-5-9-20-13(19)12-10(2)17(15-14-12)8-6-7-11(18)16(3)4/h5H,1,6-9H2,2-4H3. The normalized spacial score (nSPS) is 10.2. The zero-order chi connectivity index (χ0) is 15.1. The van der Waals surface area contributed by atoms with Crippen molar-refractivity contribution in [2.75, 3.05) is 20.7 Å². The lowest BCUT2D eigenvalue weighted by Gasteiger charge is -2.09. The fourth-order valence-corrected chi connectivity index (χ4v) is 1.57. The maximum Gasteiger partial charge on any atom is 0.361 e. The largest absolute Gasteiger partial charge is 0.457 e. The zero-order valence-corrected chi connectivity index (χ0v) is 12.1. The molecule has 0 aliphatic rings. The Balaban J connectivity index is 2.56. The number of amides is 1. The van der Waals surface area contributed by atoms with E-state index in [1.54, 1.807) is 30.6 Å². The number of carbonyl (C=O) groups excluding carboxylic acids is 2. The van der Waals surface area contributed by atoms with Crippen molar-refractivity contribution >= 4 is 11.9 Å². The van der Waals surface area contributed by atoms with Gasteiger partial charge in [-0.1, -0.05) is 17.9 Å². The van der Waals surface area contributed by atoms with E-state index in [0.29, 0.717) is 25.1 Å². The Morgan fingerprint density at radius 2 is 2.15 bits per heavy atom. The van der Waals surface area contributed by atoms with Crippen molar-refractivity contribution < 1.29 is 14.3 Å². The summed E-state index contributed by atoms with van der Waals surface area (Å²) in [5, 5.41) is 7.71. The molecular formula is C13H20N4O3. The van der Waals surface area contributed by atoms with Crippen molar-refractivity contribution in [3.05, 3.63) is 24.0 Å². The molecular weight excluding hydrogens is 260 g/mol. The summed E-state index contributed by atoms with van der Waals surface area (Å²) in [7, 11) is 3.44. The molecule has 0 N–H and O–H groups in total. The third kappa shape index (κ3) is 4.18. The molecule has 1 amide bonds. The molecule has 0 aliphatic carbocycles. The second-order valence-corrected chi connectivity index (χ2v) is 4.53. The summed E-state index contributed by atoms with van der Waals surface area (Å²) in [4.78, 5) is 24.7. The highest BCUT2D eigenvalue weighted by atomic mass is 16.5. The van der Waals surface area contributed by atoms with Crippen molar-refractivity contribution in [2.45, 2.75) is 26.3 Å². The van der Waals surface area contributed by atoms with E-state index in [2.05, 4.69) is 16.9 Å². The quantitative estimate of drug-likeness (QED) is 0.545. The Labute approximate surface area is 118 Å². The van der Waals surface area contributed by atoms with Crippen LogP contribution < -0.4 is 0 Å². The molecule has 1 rings (SSSR count). The van der Waals surface area contributed by atoms with Crippen molar-refractivity contribution in [3.63, 3.8) is 0 Å². The second-order valence-electron chi connectivity index (χ2n) is 4.53. The summed E-state index contributed by atoms with van der Waals surface area (Å²) in [6.07, 6.45) is 2.56. The minimum atomic E-state index is -0.516. The summed E-state index contributed by atoms with van der Waals surface area (Å²) < 4.78 is 6.52. The van der Waals surface area contributed by atoms with Crippen LogP contribution in [0, 0.1) is 6.92 Å². The lowest BCUT2D eigenvalue weighted by Crippen LogP contribution is -2.21. The number of aromatic nitrogens is 3. The molecule has 0 bridgehead atoms. The zero-order valence-electron chi connectivity index (χ0n) is 12.1. The van der Waals surface area contributed by atoms with Gasteiger partial charge in [0, 0.05) is 27.1 Å². The van der Waals surface area contributed by atoms with Crippen molar-refractivity contribution in [1.82, 2.24) is 19.9 Å². The molecule has 110 valence electrons. The monoisotopic (exact) mass is 280 g/mol. The van der Waals surface area contributed by atoms with Gasteiger partial charge in [0.2, 0.25) is 5.91 Å². The first-order chi connectivity index (χ1) is 9.47. The molecule has 7 heteroatoms. The Morgan fingerprint density at radius 1 is 1.45 bits per heavy atom. The number of ether oxygens (including phenoxy) is 1. The number of aryl methyl sites for hydroxylation is 1. The van der Waals surface area contributed by atoms with Gasteiger partial charge in [0.05, 0.1) is 5.69 Å². The Bertz CT molecular complexity index is 494. The summed E-state index contributed by atoms with van der Waals surface area (Å²) in [5.41, 5.74) is 0.835. The van der Waals surface area contributed by atoms with E-state index >= 15 is 0 Å². The number of hydrogen-bond acceptors (Lipinski definition) is 5. The molecule has 0 aliphatic heterocycles. The third-order valence-electron chi connectivity index (χ3n) is 2.77. The molecule has 0 radical (unpaired) electrons. The van der Waals surface area contributed by atoms with Crippen LogP contribution in [0.1, 0.15) is 29.0 Å². The number of esters is 1. The summed E-state index contributed by atoms with van der Waals surface area (Å²) in [6, 6.07) is 0. The van der Waals surface area contributed by atoms with Crippen LogP contribution >= 0.6 is 0 Å². The highest BCUT2D eigenvalue weighted by Gasteiger charge is 2.17. The van der Waals surface area contributed by atoms with Crippen LogP contribution in [0.25, 0.3) is 0 Å². The Kier molecular flexibility index (Phi) is 5.89. The highest BCUT2D eigenvalue weighted by Crippen LogP contribution is 2.07. The van der Waals surface area contributed by atoms with Gasteiger partial charge in [0.15, 0.2) is 5.69 Å². The maximum atomic E-state index is 11.7. The molecule has 0 spiro atoms. The molecule has 0 unspecified atom stereocenters. The SMILES string of the molecule is C=CCOC(=O)c1nnn(CCCC(=O)N(C)C)c1C. The predicted octanol–water partition coefficient (Wildman–Crippen LogP) is 0.798. The average Bonchev–Trinajstić information content (AvgIpc) is 2.77. The van der Waals surface area contributed by atoms with Crippen LogP contribution in [-0.2, 0) is 16.1 Å². The summed E-state index contributed by atoms with van der Waals surface area (Å²) in [5.74, 6) is -0.452. The van der Waals surface area contributed by atoms with E-state index in [4.69, 9.17) is 4.74 Å².